The number of carbonyl (C=O) groups is 2. The highest BCUT2D eigenvalue weighted by atomic mass is 16.5. The molecule has 0 aliphatic rings. The van der Waals surface area contributed by atoms with Crippen LogP contribution >= 0.6 is 0 Å². The molecule has 0 bridgehead atoms. The lowest BCUT2D eigenvalue weighted by molar-refractivity contribution is 0.0474. The van der Waals surface area contributed by atoms with Crippen molar-refractivity contribution in [3.63, 3.8) is 0 Å². The maximum absolute atomic E-state index is 12.5. The Bertz CT molecular complexity index is 896. The lowest BCUT2D eigenvalue weighted by atomic mass is 10.00. The molecule has 3 heteroatoms. The van der Waals surface area contributed by atoms with Crippen molar-refractivity contribution in [3.8, 4) is 0 Å². The van der Waals surface area contributed by atoms with Gasteiger partial charge < -0.3 is 4.74 Å². The quantitative estimate of drug-likeness (QED) is 0.484. The Balaban J connectivity index is 1.68. The average Bonchev–Trinajstić information content (AvgIpc) is 2.67. The molecule has 0 atom stereocenters. The first-order chi connectivity index (χ1) is 12.6. The third kappa shape index (κ3) is 4.45. The minimum atomic E-state index is -0.475. The molecule has 0 spiro atoms. The highest BCUT2D eigenvalue weighted by molar-refractivity contribution is 5.99. The number of hydrogen-bond donors (Lipinski definition) is 0. The lowest BCUT2D eigenvalue weighted by Gasteiger charge is -2.10. The smallest absolute Gasteiger partial charge is 0.338 e. The Labute approximate surface area is 153 Å². The van der Waals surface area contributed by atoms with Gasteiger partial charge in [0.1, 0.15) is 0 Å². The monoisotopic (exact) mass is 344 g/mol. The summed E-state index contributed by atoms with van der Waals surface area (Å²) in [6.45, 7) is 1.69. The van der Waals surface area contributed by atoms with Crippen LogP contribution in [0.3, 0.4) is 0 Å². The molecule has 0 aliphatic heterocycles. The second-order valence-electron chi connectivity index (χ2n) is 6.18. The van der Waals surface area contributed by atoms with Gasteiger partial charge >= 0.3 is 5.97 Å². The second-order valence-corrected chi connectivity index (χ2v) is 6.18. The topological polar surface area (TPSA) is 43.4 Å². The van der Waals surface area contributed by atoms with Crippen LogP contribution in [0.4, 0.5) is 0 Å². The van der Waals surface area contributed by atoms with E-state index in [2.05, 4.69) is 0 Å². The number of rotatable bonds is 6. The summed E-state index contributed by atoms with van der Waals surface area (Å²) >= 11 is 0. The van der Waals surface area contributed by atoms with E-state index in [1.165, 1.54) is 0 Å². The Morgan fingerprint density at radius 1 is 0.808 bits per heavy atom. The molecule has 0 aromatic heterocycles. The van der Waals surface area contributed by atoms with Crippen LogP contribution in [0.1, 0.15) is 37.4 Å². The fraction of sp³-hybridized carbons (Fsp3) is 0.130. The number of benzene rings is 3. The van der Waals surface area contributed by atoms with Crippen LogP contribution in [-0.2, 0) is 11.2 Å². The van der Waals surface area contributed by atoms with Gasteiger partial charge in [-0.1, -0.05) is 78.4 Å². The van der Waals surface area contributed by atoms with Crippen LogP contribution in [0.25, 0.3) is 0 Å². The van der Waals surface area contributed by atoms with Crippen molar-refractivity contribution in [1.82, 2.24) is 0 Å². The molecule has 0 N–H and O–H groups in total. The summed E-state index contributed by atoms with van der Waals surface area (Å²) in [5.74, 6) is -0.684. The molecule has 130 valence electrons. The maximum Gasteiger partial charge on any atom is 0.338 e. The van der Waals surface area contributed by atoms with Crippen LogP contribution in [-0.4, -0.2) is 18.4 Å². The van der Waals surface area contributed by atoms with Gasteiger partial charge in [0.15, 0.2) is 12.4 Å². The fourth-order valence-corrected chi connectivity index (χ4v) is 2.72. The molecule has 0 unspecified atom stereocenters. The van der Waals surface area contributed by atoms with Gasteiger partial charge in [0.25, 0.3) is 0 Å². The molecule has 26 heavy (non-hydrogen) atoms. The zero-order valence-corrected chi connectivity index (χ0v) is 14.6. The Morgan fingerprint density at radius 3 is 2.19 bits per heavy atom. The molecule has 0 fully saturated rings. The van der Waals surface area contributed by atoms with Crippen LogP contribution in [0.5, 0.6) is 0 Å². The van der Waals surface area contributed by atoms with E-state index >= 15 is 0 Å². The van der Waals surface area contributed by atoms with Crippen molar-refractivity contribution < 1.29 is 14.3 Å². The van der Waals surface area contributed by atoms with E-state index in [-0.39, 0.29) is 12.4 Å². The zero-order valence-electron chi connectivity index (χ0n) is 14.6. The highest BCUT2D eigenvalue weighted by Crippen LogP contribution is 2.16. The standard InChI is InChI=1S/C23H20O3/c1-17-11-13-19(14-12-17)22(24)16-26-23(25)21-10-6-5-9-20(21)15-18-7-3-2-4-8-18/h2-14H,15-16H2,1H3. The molecule has 3 aromatic rings. The van der Waals surface area contributed by atoms with Crippen molar-refractivity contribution in [2.45, 2.75) is 13.3 Å². The number of carbonyl (C=O) groups excluding carboxylic acids is 2. The van der Waals surface area contributed by atoms with Gasteiger partial charge in [0.05, 0.1) is 5.56 Å². The van der Waals surface area contributed by atoms with Gasteiger partial charge in [0.2, 0.25) is 0 Å². The molecule has 0 heterocycles. The van der Waals surface area contributed by atoms with E-state index in [4.69, 9.17) is 4.74 Å². The lowest BCUT2D eigenvalue weighted by Crippen LogP contribution is -2.15. The first kappa shape index (κ1) is 17.6. The summed E-state index contributed by atoms with van der Waals surface area (Å²) in [6, 6.07) is 24.5. The summed E-state index contributed by atoms with van der Waals surface area (Å²) < 4.78 is 5.26. The number of aryl methyl sites for hydroxylation is 1. The molecule has 3 aromatic carbocycles. The first-order valence-corrected chi connectivity index (χ1v) is 8.52. The molecule has 0 aliphatic carbocycles. The van der Waals surface area contributed by atoms with Crippen molar-refractivity contribution in [1.29, 1.82) is 0 Å². The van der Waals surface area contributed by atoms with Gasteiger partial charge in [-0.2, -0.15) is 0 Å². The largest absolute Gasteiger partial charge is 0.454 e. The van der Waals surface area contributed by atoms with Crippen molar-refractivity contribution >= 4 is 11.8 Å². The number of hydrogen-bond acceptors (Lipinski definition) is 3. The van der Waals surface area contributed by atoms with Crippen molar-refractivity contribution in [2.75, 3.05) is 6.61 Å². The van der Waals surface area contributed by atoms with E-state index in [9.17, 15) is 9.59 Å². The third-order valence-electron chi connectivity index (χ3n) is 4.18. The van der Waals surface area contributed by atoms with E-state index in [0.29, 0.717) is 17.5 Å². The highest BCUT2D eigenvalue weighted by Gasteiger charge is 2.15. The first-order valence-electron chi connectivity index (χ1n) is 8.52. The molecular formula is C23H20O3. The Morgan fingerprint density at radius 2 is 1.46 bits per heavy atom. The van der Waals surface area contributed by atoms with Gasteiger partial charge in [-0.15, -0.1) is 0 Å². The molecule has 3 nitrogen and oxygen atoms in total. The predicted octanol–water partition coefficient (Wildman–Crippen LogP) is 4.63. The molecule has 3 rings (SSSR count). The second kappa shape index (κ2) is 8.26. The zero-order chi connectivity index (χ0) is 18.4. The van der Waals surface area contributed by atoms with Gasteiger partial charge in [-0.05, 0) is 30.5 Å². The molecular weight excluding hydrogens is 324 g/mol. The normalized spacial score (nSPS) is 10.3. The minimum absolute atomic E-state index is 0.209. The van der Waals surface area contributed by atoms with Crippen LogP contribution in [0.15, 0.2) is 78.9 Å². The maximum atomic E-state index is 12.5. The fourth-order valence-electron chi connectivity index (χ4n) is 2.72. The Hall–Kier alpha value is -3.20. The van der Waals surface area contributed by atoms with E-state index < -0.39 is 5.97 Å². The van der Waals surface area contributed by atoms with Crippen LogP contribution in [0.2, 0.25) is 0 Å². The van der Waals surface area contributed by atoms with Gasteiger partial charge in [0, 0.05) is 5.56 Å². The molecule has 0 amide bonds. The van der Waals surface area contributed by atoms with E-state index in [1.54, 1.807) is 24.3 Å². The number of esters is 1. The predicted molar refractivity (Wildman–Crippen MR) is 101 cm³/mol. The van der Waals surface area contributed by atoms with E-state index in [1.807, 2.05) is 61.5 Å². The summed E-state index contributed by atoms with van der Waals surface area (Å²) in [5.41, 5.74) is 4.11. The molecule has 0 saturated carbocycles. The van der Waals surface area contributed by atoms with Crippen molar-refractivity contribution in [3.05, 3.63) is 107 Å². The summed E-state index contributed by atoms with van der Waals surface area (Å²) in [6.07, 6.45) is 0.637. The van der Waals surface area contributed by atoms with Crippen molar-refractivity contribution in [2.24, 2.45) is 0 Å². The van der Waals surface area contributed by atoms with E-state index in [0.717, 1.165) is 16.7 Å². The number of Topliss-reactive ketones (excluding diaryl/α,β-unsaturated/α-hetero) is 1. The third-order valence-corrected chi connectivity index (χ3v) is 4.18. The van der Waals surface area contributed by atoms with Crippen LogP contribution < -0.4 is 0 Å². The summed E-state index contributed by atoms with van der Waals surface area (Å²) in [5, 5.41) is 0. The SMILES string of the molecule is Cc1ccc(C(=O)COC(=O)c2ccccc2Cc2ccccc2)cc1. The van der Waals surface area contributed by atoms with Crippen LogP contribution in [0, 0.1) is 6.92 Å². The van der Waals surface area contributed by atoms with Gasteiger partial charge in [-0.3, -0.25) is 4.79 Å². The summed E-state index contributed by atoms with van der Waals surface area (Å²) in [7, 11) is 0. The van der Waals surface area contributed by atoms with Gasteiger partial charge in [-0.25, -0.2) is 4.79 Å². The molecule has 0 radical (unpaired) electrons. The summed E-state index contributed by atoms with van der Waals surface area (Å²) in [4.78, 5) is 24.7. The molecule has 0 saturated heterocycles. The number of ketones is 1. The number of ether oxygens (including phenoxy) is 1. The Kier molecular flexibility index (Phi) is 5.59. The minimum Gasteiger partial charge on any atom is -0.454 e. The average molecular weight is 344 g/mol.